The molecule has 1 heterocycles. The van der Waals surface area contributed by atoms with Gasteiger partial charge in [0, 0.05) is 6.04 Å². The van der Waals surface area contributed by atoms with Crippen molar-refractivity contribution in [1.29, 1.82) is 0 Å². The third-order valence-electron chi connectivity index (χ3n) is 4.00. The van der Waals surface area contributed by atoms with Crippen LogP contribution in [-0.4, -0.2) is 28.1 Å². The first-order chi connectivity index (χ1) is 10.1. The standard InChI is InChI=1S/C15H22ClN3O2.ClH/c16-13-7-6-11(9-18-13)19-15(21)14(20)12(17)8-10-4-2-1-3-5-10;/h6-7,9-10,12,14,20H,1-5,8,17H2,(H,19,21);1H/t12-,14?;/m1./s1. The summed E-state index contributed by atoms with van der Waals surface area (Å²) in [5.74, 6) is 0.0239. The van der Waals surface area contributed by atoms with Crippen LogP contribution in [0.4, 0.5) is 5.69 Å². The molecule has 1 amide bonds. The lowest BCUT2D eigenvalue weighted by atomic mass is 9.84. The summed E-state index contributed by atoms with van der Waals surface area (Å²) >= 11 is 5.68. The van der Waals surface area contributed by atoms with Gasteiger partial charge in [0.15, 0.2) is 0 Å². The molecule has 1 aromatic rings. The van der Waals surface area contributed by atoms with Crippen molar-refractivity contribution < 1.29 is 9.90 Å². The predicted octanol–water partition coefficient (Wildman–Crippen LogP) is 2.75. The zero-order valence-corrected chi connectivity index (χ0v) is 13.9. The molecule has 7 heteroatoms. The summed E-state index contributed by atoms with van der Waals surface area (Å²) in [5, 5.41) is 13.0. The van der Waals surface area contributed by atoms with E-state index < -0.39 is 18.1 Å². The first kappa shape index (κ1) is 19.2. The molecule has 2 rings (SSSR count). The van der Waals surface area contributed by atoms with Gasteiger partial charge in [-0.15, -0.1) is 12.4 Å². The summed E-state index contributed by atoms with van der Waals surface area (Å²) in [6.45, 7) is 0. The van der Waals surface area contributed by atoms with Crippen molar-refractivity contribution in [1.82, 2.24) is 4.98 Å². The van der Waals surface area contributed by atoms with E-state index in [0.717, 1.165) is 12.8 Å². The topological polar surface area (TPSA) is 88.2 Å². The highest BCUT2D eigenvalue weighted by atomic mass is 35.5. The first-order valence-electron chi connectivity index (χ1n) is 7.42. The molecular weight excluding hydrogens is 325 g/mol. The maximum absolute atomic E-state index is 12.0. The number of nitrogens with one attached hydrogen (secondary N) is 1. The molecule has 4 N–H and O–H groups in total. The Morgan fingerprint density at radius 3 is 2.68 bits per heavy atom. The lowest BCUT2D eigenvalue weighted by molar-refractivity contribution is -0.125. The molecule has 1 fully saturated rings. The Bertz CT molecular complexity index is 464. The number of rotatable bonds is 5. The molecule has 1 aliphatic rings. The van der Waals surface area contributed by atoms with Crippen molar-refractivity contribution in [3.05, 3.63) is 23.5 Å². The zero-order chi connectivity index (χ0) is 15.2. The van der Waals surface area contributed by atoms with Gasteiger partial charge in [-0.25, -0.2) is 4.98 Å². The average molecular weight is 348 g/mol. The zero-order valence-electron chi connectivity index (χ0n) is 12.4. The van der Waals surface area contributed by atoms with E-state index in [-0.39, 0.29) is 12.4 Å². The fourth-order valence-electron chi connectivity index (χ4n) is 2.80. The van der Waals surface area contributed by atoms with E-state index in [1.165, 1.54) is 25.5 Å². The number of carbonyl (C=O) groups excluding carboxylic acids is 1. The quantitative estimate of drug-likeness (QED) is 0.714. The molecule has 0 aromatic carbocycles. The molecule has 0 spiro atoms. The smallest absolute Gasteiger partial charge is 0.254 e. The molecule has 1 saturated carbocycles. The van der Waals surface area contributed by atoms with Gasteiger partial charge in [-0.2, -0.15) is 0 Å². The van der Waals surface area contributed by atoms with Crippen molar-refractivity contribution >= 4 is 35.6 Å². The minimum atomic E-state index is -1.21. The number of halogens is 2. The van der Waals surface area contributed by atoms with E-state index in [1.54, 1.807) is 12.1 Å². The molecule has 0 radical (unpaired) electrons. The second kappa shape index (κ2) is 9.30. The summed E-state index contributed by atoms with van der Waals surface area (Å²) in [5.41, 5.74) is 6.47. The number of amides is 1. The minimum Gasteiger partial charge on any atom is -0.382 e. The third-order valence-corrected chi connectivity index (χ3v) is 4.22. The highest BCUT2D eigenvalue weighted by Gasteiger charge is 2.26. The van der Waals surface area contributed by atoms with Crippen LogP contribution in [0, 0.1) is 5.92 Å². The van der Waals surface area contributed by atoms with E-state index in [1.807, 2.05) is 0 Å². The molecule has 1 unspecified atom stereocenters. The summed E-state index contributed by atoms with van der Waals surface area (Å²) in [6.07, 6.45) is 6.92. The highest BCUT2D eigenvalue weighted by molar-refractivity contribution is 6.29. The molecule has 1 aliphatic carbocycles. The van der Waals surface area contributed by atoms with E-state index in [4.69, 9.17) is 17.3 Å². The number of aliphatic hydroxyl groups excluding tert-OH is 1. The van der Waals surface area contributed by atoms with E-state index in [2.05, 4.69) is 10.3 Å². The molecule has 124 valence electrons. The molecular formula is C15H23Cl2N3O2. The third kappa shape index (κ3) is 5.72. The first-order valence-corrected chi connectivity index (χ1v) is 7.80. The summed E-state index contributed by atoms with van der Waals surface area (Å²) < 4.78 is 0. The lowest BCUT2D eigenvalue weighted by Gasteiger charge is -2.26. The van der Waals surface area contributed by atoms with Crippen LogP contribution in [0.5, 0.6) is 0 Å². The highest BCUT2D eigenvalue weighted by Crippen LogP contribution is 2.27. The predicted molar refractivity (Wildman–Crippen MR) is 90.3 cm³/mol. The normalized spacial score (nSPS) is 18.1. The van der Waals surface area contributed by atoms with Gasteiger partial charge in [-0.1, -0.05) is 43.7 Å². The maximum atomic E-state index is 12.0. The van der Waals surface area contributed by atoms with Crippen LogP contribution in [0.25, 0.3) is 0 Å². The van der Waals surface area contributed by atoms with Crippen LogP contribution < -0.4 is 11.1 Å². The van der Waals surface area contributed by atoms with Crippen molar-refractivity contribution in [2.75, 3.05) is 5.32 Å². The van der Waals surface area contributed by atoms with Gasteiger partial charge in [-0.05, 0) is 24.5 Å². The van der Waals surface area contributed by atoms with Crippen molar-refractivity contribution in [3.8, 4) is 0 Å². The largest absolute Gasteiger partial charge is 0.382 e. The van der Waals surface area contributed by atoms with Crippen molar-refractivity contribution in [2.45, 2.75) is 50.7 Å². The number of pyridine rings is 1. The van der Waals surface area contributed by atoms with Crippen LogP contribution in [-0.2, 0) is 4.79 Å². The van der Waals surface area contributed by atoms with Gasteiger partial charge >= 0.3 is 0 Å². The number of carbonyl (C=O) groups is 1. The molecule has 5 nitrogen and oxygen atoms in total. The number of aliphatic hydroxyl groups is 1. The number of aromatic nitrogens is 1. The van der Waals surface area contributed by atoms with Crippen LogP contribution in [0.3, 0.4) is 0 Å². The van der Waals surface area contributed by atoms with Crippen LogP contribution in [0.2, 0.25) is 5.15 Å². The van der Waals surface area contributed by atoms with Crippen molar-refractivity contribution in [3.63, 3.8) is 0 Å². The fraction of sp³-hybridized carbons (Fsp3) is 0.600. The monoisotopic (exact) mass is 347 g/mol. The molecule has 22 heavy (non-hydrogen) atoms. The molecule has 2 atom stereocenters. The number of hydrogen-bond donors (Lipinski definition) is 3. The molecule has 0 bridgehead atoms. The van der Waals surface area contributed by atoms with Gasteiger partial charge in [0.25, 0.3) is 5.91 Å². The molecule has 0 aliphatic heterocycles. The molecule has 1 aromatic heterocycles. The Labute approximate surface area is 142 Å². The van der Waals surface area contributed by atoms with Crippen LogP contribution in [0.15, 0.2) is 18.3 Å². The van der Waals surface area contributed by atoms with E-state index in [0.29, 0.717) is 23.2 Å². The number of nitrogens with zero attached hydrogens (tertiary/aromatic N) is 1. The number of nitrogens with two attached hydrogens (primary N) is 1. The Kier molecular flexibility index (Phi) is 8.10. The summed E-state index contributed by atoms with van der Waals surface area (Å²) in [4.78, 5) is 15.8. The van der Waals surface area contributed by atoms with Gasteiger partial charge in [0.1, 0.15) is 11.3 Å². The Morgan fingerprint density at radius 2 is 2.09 bits per heavy atom. The number of anilines is 1. The fourth-order valence-corrected chi connectivity index (χ4v) is 2.91. The Balaban J connectivity index is 0.00000242. The molecule has 0 saturated heterocycles. The average Bonchev–Trinajstić information content (AvgIpc) is 2.49. The second-order valence-electron chi connectivity index (χ2n) is 5.71. The maximum Gasteiger partial charge on any atom is 0.254 e. The van der Waals surface area contributed by atoms with Gasteiger partial charge in [0.2, 0.25) is 0 Å². The summed E-state index contributed by atoms with van der Waals surface area (Å²) in [6, 6.07) is 2.67. The van der Waals surface area contributed by atoms with Crippen molar-refractivity contribution in [2.24, 2.45) is 11.7 Å². The van der Waals surface area contributed by atoms with Gasteiger partial charge in [-0.3, -0.25) is 4.79 Å². The Morgan fingerprint density at radius 1 is 1.41 bits per heavy atom. The van der Waals surface area contributed by atoms with E-state index >= 15 is 0 Å². The second-order valence-corrected chi connectivity index (χ2v) is 6.09. The number of hydrogen-bond acceptors (Lipinski definition) is 4. The van der Waals surface area contributed by atoms with Crippen LogP contribution >= 0.6 is 24.0 Å². The Hall–Kier alpha value is -0.880. The van der Waals surface area contributed by atoms with Gasteiger partial charge < -0.3 is 16.2 Å². The lowest BCUT2D eigenvalue weighted by Crippen LogP contribution is -2.44. The minimum absolute atomic E-state index is 0. The van der Waals surface area contributed by atoms with E-state index in [9.17, 15) is 9.90 Å². The summed E-state index contributed by atoms with van der Waals surface area (Å²) in [7, 11) is 0. The van der Waals surface area contributed by atoms with Crippen LogP contribution in [0.1, 0.15) is 38.5 Å². The van der Waals surface area contributed by atoms with Gasteiger partial charge in [0.05, 0.1) is 11.9 Å². The SMILES string of the molecule is Cl.N[C@H](CC1CCCCC1)C(O)C(=O)Nc1ccc(Cl)nc1.